The molecule has 3 saturated carbocycles. The van der Waals surface area contributed by atoms with Crippen LogP contribution in [0.3, 0.4) is 0 Å². The Morgan fingerprint density at radius 3 is 2.55 bits per heavy atom. The molecule has 3 fully saturated rings. The lowest BCUT2D eigenvalue weighted by Gasteiger charge is -2.41. The van der Waals surface area contributed by atoms with Gasteiger partial charge in [0.1, 0.15) is 11.6 Å². The number of Topliss-reactive ketones (excluding diaryl/α,β-unsaturated/α-hetero) is 2. The van der Waals surface area contributed by atoms with Gasteiger partial charge in [0.25, 0.3) is 0 Å². The van der Waals surface area contributed by atoms with E-state index in [1.807, 2.05) is 6.92 Å². The molecule has 0 saturated heterocycles. The van der Waals surface area contributed by atoms with Crippen molar-refractivity contribution in [3.05, 3.63) is 0 Å². The molecule has 2 unspecified atom stereocenters. The number of fused-ring (bicyclic) bond motifs is 3. The Morgan fingerprint density at radius 2 is 2.18 bits per heavy atom. The molecule has 2 nitrogen and oxygen atoms in total. The van der Waals surface area contributed by atoms with Gasteiger partial charge in [-0.1, -0.05) is 6.92 Å². The van der Waals surface area contributed by atoms with Gasteiger partial charge in [-0.3, -0.25) is 9.59 Å². The molecular weight excluding hydrogens is 140 g/mol. The summed E-state index contributed by atoms with van der Waals surface area (Å²) < 4.78 is 0. The molecule has 2 bridgehead atoms. The average molecular weight is 152 g/mol. The van der Waals surface area contributed by atoms with Crippen LogP contribution in [0.25, 0.3) is 0 Å². The summed E-state index contributed by atoms with van der Waals surface area (Å²) >= 11 is 0. The second-order valence-electron chi connectivity index (χ2n) is 4.07. The van der Waals surface area contributed by atoms with Gasteiger partial charge < -0.3 is 0 Å². The Balaban J connectivity index is 2.33. The fraction of sp³-hybridized carbons (Fsp3) is 0.778. The van der Waals surface area contributed by atoms with E-state index in [0.717, 1.165) is 12.8 Å². The van der Waals surface area contributed by atoms with E-state index in [-0.39, 0.29) is 11.3 Å². The first-order chi connectivity index (χ1) is 5.12. The molecule has 2 atom stereocenters. The van der Waals surface area contributed by atoms with Crippen molar-refractivity contribution in [1.82, 2.24) is 0 Å². The first-order valence-electron chi connectivity index (χ1n) is 4.18. The van der Waals surface area contributed by atoms with E-state index in [4.69, 9.17) is 0 Å². The average Bonchev–Trinajstić information content (AvgIpc) is 1.92. The summed E-state index contributed by atoms with van der Waals surface area (Å²) in [6, 6.07) is 0. The molecule has 0 spiro atoms. The van der Waals surface area contributed by atoms with Gasteiger partial charge in [-0.2, -0.15) is 0 Å². The quantitative estimate of drug-likeness (QED) is 0.524. The summed E-state index contributed by atoms with van der Waals surface area (Å²) in [6.45, 7) is 1.93. The minimum Gasteiger partial charge on any atom is -0.299 e. The topological polar surface area (TPSA) is 34.1 Å². The highest BCUT2D eigenvalue weighted by molar-refractivity contribution is 5.99. The van der Waals surface area contributed by atoms with Gasteiger partial charge in [0.05, 0.1) is 0 Å². The van der Waals surface area contributed by atoms with E-state index in [1.54, 1.807) is 0 Å². The summed E-state index contributed by atoms with van der Waals surface area (Å²) in [7, 11) is 0. The third-order valence-corrected chi connectivity index (χ3v) is 3.17. The largest absolute Gasteiger partial charge is 0.299 e. The Kier molecular flexibility index (Phi) is 1.23. The maximum Gasteiger partial charge on any atom is 0.139 e. The van der Waals surface area contributed by atoms with Crippen LogP contribution in [0.4, 0.5) is 0 Å². The number of rotatable bonds is 0. The number of ketones is 2. The second-order valence-corrected chi connectivity index (χ2v) is 4.07. The van der Waals surface area contributed by atoms with E-state index < -0.39 is 0 Å². The Labute approximate surface area is 66.0 Å². The minimum atomic E-state index is -0.272. The number of carbonyl (C=O) groups excluding carboxylic acids is 2. The number of carbonyl (C=O) groups is 2. The van der Waals surface area contributed by atoms with Gasteiger partial charge >= 0.3 is 0 Å². The van der Waals surface area contributed by atoms with Crippen LogP contribution in [0.2, 0.25) is 0 Å². The Morgan fingerprint density at radius 1 is 1.45 bits per heavy atom. The fourth-order valence-electron chi connectivity index (χ4n) is 2.20. The van der Waals surface area contributed by atoms with Gasteiger partial charge in [0, 0.05) is 24.2 Å². The van der Waals surface area contributed by atoms with Crippen LogP contribution < -0.4 is 0 Å². The van der Waals surface area contributed by atoms with Crippen molar-refractivity contribution in [2.45, 2.75) is 32.6 Å². The van der Waals surface area contributed by atoms with Crippen molar-refractivity contribution in [3.8, 4) is 0 Å². The van der Waals surface area contributed by atoms with Crippen molar-refractivity contribution in [3.63, 3.8) is 0 Å². The second kappa shape index (κ2) is 1.93. The molecule has 0 N–H and O–H groups in total. The zero-order chi connectivity index (χ0) is 8.06. The number of hydrogen-bond donors (Lipinski definition) is 0. The predicted molar refractivity (Wildman–Crippen MR) is 40.1 cm³/mol. The molecule has 3 aliphatic rings. The summed E-state index contributed by atoms with van der Waals surface area (Å²) in [4.78, 5) is 22.6. The monoisotopic (exact) mass is 152 g/mol. The van der Waals surface area contributed by atoms with Crippen LogP contribution in [0.1, 0.15) is 32.6 Å². The zero-order valence-electron chi connectivity index (χ0n) is 6.72. The van der Waals surface area contributed by atoms with Crippen molar-refractivity contribution in [2.75, 3.05) is 0 Å². The molecule has 0 aliphatic heterocycles. The van der Waals surface area contributed by atoms with Crippen LogP contribution in [0.5, 0.6) is 0 Å². The first-order valence-corrected chi connectivity index (χ1v) is 4.18. The highest BCUT2D eigenvalue weighted by atomic mass is 16.1. The molecule has 0 aromatic carbocycles. The Bertz CT molecular complexity index is 232. The SMILES string of the molecule is CC12CCC(CC1=O)C(=O)C2. The smallest absolute Gasteiger partial charge is 0.139 e. The van der Waals surface area contributed by atoms with Crippen molar-refractivity contribution < 1.29 is 9.59 Å². The van der Waals surface area contributed by atoms with E-state index in [0.29, 0.717) is 24.4 Å². The first kappa shape index (κ1) is 7.01. The van der Waals surface area contributed by atoms with Crippen LogP contribution in [-0.2, 0) is 9.59 Å². The fourth-order valence-corrected chi connectivity index (χ4v) is 2.20. The van der Waals surface area contributed by atoms with Gasteiger partial charge in [-0.15, -0.1) is 0 Å². The summed E-state index contributed by atoms with van der Waals surface area (Å²) in [5.74, 6) is 0.719. The summed E-state index contributed by atoms with van der Waals surface area (Å²) in [5.41, 5.74) is -0.272. The van der Waals surface area contributed by atoms with Crippen LogP contribution >= 0.6 is 0 Å². The molecular formula is C9H12O2. The van der Waals surface area contributed by atoms with Crippen LogP contribution in [-0.4, -0.2) is 11.6 Å². The van der Waals surface area contributed by atoms with E-state index >= 15 is 0 Å². The lowest BCUT2D eigenvalue weighted by atomic mass is 9.60. The highest BCUT2D eigenvalue weighted by Gasteiger charge is 2.47. The van der Waals surface area contributed by atoms with Crippen molar-refractivity contribution >= 4 is 11.6 Å². The molecule has 0 amide bonds. The molecule has 11 heavy (non-hydrogen) atoms. The molecule has 3 rings (SSSR count). The normalized spacial score (nSPS) is 43.2. The van der Waals surface area contributed by atoms with Gasteiger partial charge in [0.15, 0.2) is 0 Å². The summed E-state index contributed by atoms with van der Waals surface area (Å²) in [5, 5.41) is 0. The number of hydrogen-bond acceptors (Lipinski definition) is 2. The van der Waals surface area contributed by atoms with Crippen LogP contribution in [0, 0.1) is 11.3 Å². The molecule has 2 heteroatoms. The maximum absolute atomic E-state index is 11.4. The molecule has 60 valence electrons. The molecule has 3 aliphatic carbocycles. The molecule has 0 heterocycles. The van der Waals surface area contributed by atoms with E-state index in [9.17, 15) is 9.59 Å². The standard InChI is InChI=1S/C9H12O2/c1-9-3-2-6(4-8(9)11)7(10)5-9/h6H,2-5H2,1H3. The van der Waals surface area contributed by atoms with Crippen molar-refractivity contribution in [2.24, 2.45) is 11.3 Å². The third kappa shape index (κ3) is 0.849. The summed E-state index contributed by atoms with van der Waals surface area (Å²) in [6.07, 6.45) is 2.91. The van der Waals surface area contributed by atoms with Gasteiger partial charge in [0.2, 0.25) is 0 Å². The molecule has 0 aromatic rings. The predicted octanol–water partition coefficient (Wildman–Crippen LogP) is 1.33. The molecule has 0 radical (unpaired) electrons. The molecule has 0 aromatic heterocycles. The van der Waals surface area contributed by atoms with Crippen molar-refractivity contribution in [1.29, 1.82) is 0 Å². The Hall–Kier alpha value is -0.660. The van der Waals surface area contributed by atoms with E-state index in [2.05, 4.69) is 0 Å². The minimum absolute atomic E-state index is 0.0873. The van der Waals surface area contributed by atoms with E-state index in [1.165, 1.54) is 0 Å². The maximum atomic E-state index is 11.4. The lowest BCUT2D eigenvalue weighted by molar-refractivity contribution is -0.147. The van der Waals surface area contributed by atoms with Crippen LogP contribution in [0.15, 0.2) is 0 Å². The lowest BCUT2D eigenvalue weighted by Crippen LogP contribution is -2.45. The van der Waals surface area contributed by atoms with Gasteiger partial charge in [-0.25, -0.2) is 0 Å². The zero-order valence-corrected chi connectivity index (χ0v) is 6.72. The highest BCUT2D eigenvalue weighted by Crippen LogP contribution is 2.45. The third-order valence-electron chi connectivity index (χ3n) is 3.17. The van der Waals surface area contributed by atoms with Gasteiger partial charge in [-0.05, 0) is 12.8 Å².